The number of rotatable bonds is 0. The molecule has 0 spiro atoms. The quantitative estimate of drug-likeness (QED) is 0.252. The van der Waals surface area contributed by atoms with Crippen molar-refractivity contribution >= 4 is 113 Å². The Morgan fingerprint density at radius 1 is 0.615 bits per heavy atom. The van der Waals surface area contributed by atoms with Gasteiger partial charge in [-0.3, -0.25) is 0 Å². The standard InChI is InChI=1S/3Ca.8O.2Ta/q3*+2;;;;;2*-2;2*-1;;. The fourth-order valence-electron chi connectivity index (χ4n) is 0. The molecular formula is Ca3O8Ta2. The van der Waals surface area contributed by atoms with E-state index in [1.54, 1.807) is 0 Å². The Labute approximate surface area is 177 Å². The molecule has 0 saturated carbocycles. The van der Waals surface area contributed by atoms with Crippen LogP contribution in [0.4, 0.5) is 0 Å². The summed E-state index contributed by atoms with van der Waals surface area (Å²) >= 11 is -8.69. The molecule has 0 heterocycles. The molecule has 8 nitrogen and oxygen atoms in total. The first-order chi connectivity index (χ1) is 3.46. The summed E-state index contributed by atoms with van der Waals surface area (Å²) in [7, 11) is 0. The first kappa shape index (κ1) is 43.3. The molecule has 0 radical (unpaired) electrons. The van der Waals surface area contributed by atoms with Crippen LogP contribution in [0, 0.1) is 0 Å². The molecule has 0 N–H and O–H groups in total. The molecule has 0 aliphatic heterocycles. The van der Waals surface area contributed by atoms with Gasteiger partial charge in [0.05, 0.1) is 0 Å². The van der Waals surface area contributed by atoms with E-state index < -0.39 is 37.6 Å². The third kappa shape index (κ3) is 180. The molecule has 0 bridgehead atoms. The summed E-state index contributed by atoms with van der Waals surface area (Å²) in [5, 5.41) is 0. The second-order valence-electron chi connectivity index (χ2n) is 0.447. The second kappa shape index (κ2) is 36.0. The van der Waals surface area contributed by atoms with E-state index in [4.69, 9.17) is 20.2 Å². The Bertz CT molecular complexity index is 134. The molecule has 0 rings (SSSR count). The van der Waals surface area contributed by atoms with E-state index in [0.29, 0.717) is 0 Å². The van der Waals surface area contributed by atoms with E-state index in [2.05, 4.69) is 0 Å². The summed E-state index contributed by atoms with van der Waals surface area (Å²) in [6.45, 7) is 0. The van der Waals surface area contributed by atoms with Gasteiger partial charge in [-0.15, -0.1) is 0 Å². The van der Waals surface area contributed by atoms with Crippen LogP contribution >= 0.6 is 0 Å². The summed E-state index contributed by atoms with van der Waals surface area (Å²) in [4.78, 5) is 0. The Morgan fingerprint density at radius 3 is 0.615 bits per heavy atom. The molecule has 13 heteroatoms. The van der Waals surface area contributed by atoms with Gasteiger partial charge in [0.25, 0.3) is 0 Å². The fourth-order valence-corrected chi connectivity index (χ4v) is 0. The number of hydrogen-bond acceptors (Lipinski definition) is 6. The monoisotopic (exact) mass is 610 g/mol. The van der Waals surface area contributed by atoms with Crippen molar-refractivity contribution in [3.05, 3.63) is 0 Å². The second-order valence-corrected chi connectivity index (χ2v) is 3.66. The van der Waals surface area contributed by atoms with Gasteiger partial charge >= 0.3 is 171 Å². The Kier molecular flexibility index (Phi) is 120. The SMILES string of the molecule is [Ca+2].[Ca+2].[Ca+2].[O-2].[O-2].[O]=[Ta](=[O])[O-].[O]=[Ta](=[O])[O-]. The maximum absolute atomic E-state index is 8.62. The molecule has 0 aromatic rings. The minimum absolute atomic E-state index is 0. The van der Waals surface area contributed by atoms with E-state index in [9.17, 15) is 0 Å². The van der Waals surface area contributed by atoms with Gasteiger partial charge in [0.1, 0.15) is 0 Å². The number of hydrogen-bond donors (Lipinski definition) is 0. The summed E-state index contributed by atoms with van der Waals surface area (Å²) in [6.07, 6.45) is 0. The van der Waals surface area contributed by atoms with E-state index in [1.165, 1.54) is 0 Å². The molecular weight excluding hydrogens is 610 g/mol. The molecule has 0 fully saturated rings. The van der Waals surface area contributed by atoms with Crippen molar-refractivity contribution in [1.29, 1.82) is 0 Å². The van der Waals surface area contributed by atoms with Gasteiger partial charge in [0, 0.05) is 0 Å². The molecule has 0 saturated heterocycles. The molecule has 0 amide bonds. The van der Waals surface area contributed by atoms with Crippen molar-refractivity contribution < 1.29 is 68.8 Å². The van der Waals surface area contributed by atoms with Crippen LogP contribution in [0.15, 0.2) is 0 Å². The minimum atomic E-state index is -4.34. The van der Waals surface area contributed by atoms with Gasteiger partial charge < -0.3 is 11.0 Å². The van der Waals surface area contributed by atoms with Crippen LogP contribution in [0.1, 0.15) is 0 Å². The molecule has 0 unspecified atom stereocenters. The zero-order valence-electron chi connectivity index (χ0n) is 6.28. The van der Waals surface area contributed by atoms with Crippen LogP contribution in [0.5, 0.6) is 0 Å². The van der Waals surface area contributed by atoms with Crippen LogP contribution in [0.25, 0.3) is 0 Å². The van der Waals surface area contributed by atoms with Crippen molar-refractivity contribution in [2.45, 2.75) is 0 Å². The van der Waals surface area contributed by atoms with Gasteiger partial charge in [-0.25, -0.2) is 0 Å². The third-order valence-corrected chi connectivity index (χ3v) is 0. The zero-order valence-corrected chi connectivity index (χ0v) is 19.3. The van der Waals surface area contributed by atoms with Crippen LogP contribution < -0.4 is 7.23 Å². The van der Waals surface area contributed by atoms with E-state index >= 15 is 0 Å². The average Bonchev–Trinajstić information content (AvgIpc) is 1.25. The van der Waals surface area contributed by atoms with Crippen molar-refractivity contribution in [1.82, 2.24) is 0 Å². The van der Waals surface area contributed by atoms with Gasteiger partial charge in [-0.1, -0.05) is 0 Å². The summed E-state index contributed by atoms with van der Waals surface area (Å²) < 4.78 is 51.7. The fraction of sp³-hybridized carbons (Fsp3) is 0. The van der Waals surface area contributed by atoms with Crippen molar-refractivity contribution in [3.8, 4) is 0 Å². The normalized spacial score (nSPS) is 3.85. The van der Waals surface area contributed by atoms with Gasteiger partial charge in [-0.05, 0) is 0 Å². The van der Waals surface area contributed by atoms with Gasteiger partial charge in [0.15, 0.2) is 0 Å². The average molecular weight is 610 g/mol. The Balaban J connectivity index is -0.00000000800. The summed E-state index contributed by atoms with van der Waals surface area (Å²) in [5.41, 5.74) is 0. The molecule has 64 valence electrons. The molecule has 0 aromatic heterocycles. The maximum atomic E-state index is 8.62. The summed E-state index contributed by atoms with van der Waals surface area (Å²) in [5.74, 6) is 0. The van der Waals surface area contributed by atoms with E-state index in [1.807, 2.05) is 0 Å². The first-order valence-corrected chi connectivity index (χ1v) is 8.97. The van der Waals surface area contributed by atoms with E-state index in [0.717, 1.165) is 0 Å². The zero-order chi connectivity index (χ0) is 7.15. The van der Waals surface area contributed by atoms with Crippen LogP contribution in [0.2, 0.25) is 0 Å². The van der Waals surface area contributed by atoms with Gasteiger partial charge in [-0.2, -0.15) is 0 Å². The molecule has 0 atom stereocenters. The van der Waals surface area contributed by atoms with Gasteiger partial charge in [0.2, 0.25) is 0 Å². The van der Waals surface area contributed by atoms with Crippen molar-refractivity contribution in [2.24, 2.45) is 0 Å². The molecule has 0 aliphatic carbocycles. The Hall–Kier alpha value is 4.30. The van der Waals surface area contributed by atoms with Crippen LogP contribution in [0.3, 0.4) is 0 Å². The van der Waals surface area contributed by atoms with Crippen LogP contribution in [-0.2, 0) is 61.5 Å². The predicted octanol–water partition coefficient (Wildman–Crippen LogP) is -4.24. The Morgan fingerprint density at radius 2 is 0.615 bits per heavy atom. The molecule has 0 aromatic carbocycles. The summed E-state index contributed by atoms with van der Waals surface area (Å²) in [6, 6.07) is 0. The predicted molar refractivity (Wildman–Crippen MR) is 21.4 cm³/mol. The molecule has 13 heavy (non-hydrogen) atoms. The van der Waals surface area contributed by atoms with E-state index in [-0.39, 0.29) is 124 Å². The van der Waals surface area contributed by atoms with Crippen LogP contribution in [-0.4, -0.2) is 113 Å². The third-order valence-electron chi connectivity index (χ3n) is 0. The topological polar surface area (TPSA) is 171 Å². The first-order valence-electron chi connectivity index (χ1n) is 1.10. The molecule has 0 aliphatic rings. The van der Waals surface area contributed by atoms with Crippen molar-refractivity contribution in [3.63, 3.8) is 0 Å². The van der Waals surface area contributed by atoms with Crippen molar-refractivity contribution in [2.75, 3.05) is 0 Å².